The Bertz CT molecular complexity index is 477. The summed E-state index contributed by atoms with van der Waals surface area (Å²) < 4.78 is 4.89. The third-order valence-corrected chi connectivity index (χ3v) is 2.33. The Kier molecular flexibility index (Phi) is 2.81. The number of nitrogens with zero attached hydrogens (tertiary/aromatic N) is 1. The molecule has 0 fully saturated rings. The number of rotatable bonds is 2. The van der Waals surface area contributed by atoms with Crippen molar-refractivity contribution < 1.29 is 14.3 Å². The van der Waals surface area contributed by atoms with Crippen LogP contribution in [0.25, 0.3) is 0 Å². The Balaban J connectivity index is 2.43. The molecule has 0 saturated heterocycles. The van der Waals surface area contributed by atoms with Crippen LogP contribution < -0.4 is 0 Å². The SMILES string of the molecule is CCOC(=O)C1=NCC(=O)c2ccccc21. The summed E-state index contributed by atoms with van der Waals surface area (Å²) in [4.78, 5) is 27.1. The molecule has 0 spiro atoms. The fourth-order valence-electron chi connectivity index (χ4n) is 1.63. The van der Waals surface area contributed by atoms with Crippen molar-refractivity contribution in [2.24, 2.45) is 4.99 Å². The van der Waals surface area contributed by atoms with Crippen molar-refractivity contribution >= 4 is 17.5 Å². The van der Waals surface area contributed by atoms with Gasteiger partial charge in [-0.1, -0.05) is 24.3 Å². The minimum Gasteiger partial charge on any atom is -0.461 e. The fraction of sp³-hybridized carbons (Fsp3) is 0.250. The predicted molar refractivity (Wildman–Crippen MR) is 58.8 cm³/mol. The van der Waals surface area contributed by atoms with E-state index in [1.807, 2.05) is 0 Å². The average molecular weight is 217 g/mol. The Morgan fingerprint density at radius 2 is 2.06 bits per heavy atom. The summed E-state index contributed by atoms with van der Waals surface area (Å²) in [5, 5.41) is 0. The largest absolute Gasteiger partial charge is 0.461 e. The van der Waals surface area contributed by atoms with Gasteiger partial charge in [0.15, 0.2) is 11.5 Å². The lowest BCUT2D eigenvalue weighted by Gasteiger charge is -2.14. The number of benzene rings is 1. The van der Waals surface area contributed by atoms with Gasteiger partial charge in [0.25, 0.3) is 0 Å². The Labute approximate surface area is 92.9 Å². The van der Waals surface area contributed by atoms with Gasteiger partial charge in [0.1, 0.15) is 6.54 Å². The maximum Gasteiger partial charge on any atom is 0.357 e. The lowest BCUT2D eigenvalue weighted by Crippen LogP contribution is -2.26. The lowest BCUT2D eigenvalue weighted by atomic mass is 9.97. The summed E-state index contributed by atoms with van der Waals surface area (Å²) in [7, 11) is 0. The van der Waals surface area contributed by atoms with Crippen LogP contribution in [0.15, 0.2) is 29.3 Å². The topological polar surface area (TPSA) is 55.7 Å². The molecule has 0 unspecified atom stereocenters. The molecule has 4 nitrogen and oxygen atoms in total. The zero-order chi connectivity index (χ0) is 11.5. The van der Waals surface area contributed by atoms with Crippen LogP contribution in [0, 0.1) is 0 Å². The second-order valence-electron chi connectivity index (χ2n) is 3.35. The average Bonchev–Trinajstić information content (AvgIpc) is 2.30. The molecule has 16 heavy (non-hydrogen) atoms. The van der Waals surface area contributed by atoms with Crippen LogP contribution in [0.4, 0.5) is 0 Å². The van der Waals surface area contributed by atoms with Crippen LogP contribution in [-0.2, 0) is 9.53 Å². The van der Waals surface area contributed by atoms with Gasteiger partial charge in [-0.3, -0.25) is 9.79 Å². The molecule has 0 aromatic heterocycles. The molecule has 1 heterocycles. The summed E-state index contributed by atoms with van der Waals surface area (Å²) in [5.41, 5.74) is 1.36. The number of carbonyl (C=O) groups excluding carboxylic acids is 2. The molecule has 2 rings (SSSR count). The molecule has 1 aliphatic rings. The molecule has 0 N–H and O–H groups in total. The van der Waals surface area contributed by atoms with Gasteiger partial charge in [-0.25, -0.2) is 4.79 Å². The molecule has 0 saturated carbocycles. The molecular weight excluding hydrogens is 206 g/mol. The van der Waals surface area contributed by atoms with Gasteiger partial charge in [-0.15, -0.1) is 0 Å². The minimum absolute atomic E-state index is 0.0190. The normalized spacial score (nSPS) is 14.1. The van der Waals surface area contributed by atoms with E-state index in [1.54, 1.807) is 31.2 Å². The molecular formula is C12H11NO3. The summed E-state index contributed by atoms with van der Waals surface area (Å²) >= 11 is 0. The van der Waals surface area contributed by atoms with Crippen molar-refractivity contribution in [3.8, 4) is 0 Å². The summed E-state index contributed by atoms with van der Waals surface area (Å²) in [5.74, 6) is -0.536. The number of hydrogen-bond donors (Lipinski definition) is 0. The van der Waals surface area contributed by atoms with Gasteiger partial charge in [-0.2, -0.15) is 0 Å². The summed E-state index contributed by atoms with van der Waals surface area (Å²) in [6.07, 6.45) is 0. The number of carbonyl (C=O) groups is 2. The molecule has 0 radical (unpaired) electrons. The van der Waals surface area contributed by atoms with E-state index in [2.05, 4.69) is 4.99 Å². The van der Waals surface area contributed by atoms with Crippen LogP contribution in [0.3, 0.4) is 0 Å². The summed E-state index contributed by atoms with van der Waals surface area (Å²) in [6.45, 7) is 2.05. The second kappa shape index (κ2) is 4.26. The third-order valence-electron chi connectivity index (χ3n) is 2.33. The quantitative estimate of drug-likeness (QED) is 0.700. The predicted octanol–water partition coefficient (Wildman–Crippen LogP) is 1.24. The first kappa shape index (κ1) is 10.5. The Morgan fingerprint density at radius 3 is 2.75 bits per heavy atom. The number of esters is 1. The monoisotopic (exact) mass is 217 g/mol. The van der Waals surface area contributed by atoms with Gasteiger partial charge < -0.3 is 4.74 Å². The fourth-order valence-corrected chi connectivity index (χ4v) is 1.63. The van der Waals surface area contributed by atoms with E-state index in [9.17, 15) is 9.59 Å². The molecule has 4 heteroatoms. The number of fused-ring (bicyclic) bond motifs is 1. The zero-order valence-electron chi connectivity index (χ0n) is 8.90. The molecule has 0 amide bonds. The molecule has 0 atom stereocenters. The highest BCUT2D eigenvalue weighted by molar-refractivity contribution is 6.45. The van der Waals surface area contributed by atoms with E-state index < -0.39 is 5.97 Å². The molecule has 82 valence electrons. The molecule has 0 aliphatic carbocycles. The highest BCUT2D eigenvalue weighted by atomic mass is 16.5. The number of hydrogen-bond acceptors (Lipinski definition) is 4. The molecule has 0 bridgehead atoms. The molecule has 1 aromatic carbocycles. The van der Waals surface area contributed by atoms with Crippen LogP contribution >= 0.6 is 0 Å². The van der Waals surface area contributed by atoms with Crippen molar-refractivity contribution in [2.45, 2.75) is 6.92 Å². The third kappa shape index (κ3) is 1.74. The maximum absolute atomic E-state index is 11.6. The van der Waals surface area contributed by atoms with Crippen LogP contribution in [0.1, 0.15) is 22.8 Å². The second-order valence-corrected chi connectivity index (χ2v) is 3.35. The van der Waals surface area contributed by atoms with Gasteiger partial charge in [0, 0.05) is 11.1 Å². The minimum atomic E-state index is -0.470. The van der Waals surface area contributed by atoms with Gasteiger partial charge in [0.2, 0.25) is 0 Å². The Hall–Kier alpha value is -1.97. The lowest BCUT2D eigenvalue weighted by molar-refractivity contribution is -0.134. The van der Waals surface area contributed by atoms with Crippen molar-refractivity contribution in [2.75, 3.05) is 13.2 Å². The van der Waals surface area contributed by atoms with Gasteiger partial charge in [0.05, 0.1) is 6.61 Å². The van der Waals surface area contributed by atoms with E-state index in [1.165, 1.54) is 0 Å². The molecule has 1 aromatic rings. The van der Waals surface area contributed by atoms with Crippen LogP contribution in [-0.4, -0.2) is 30.6 Å². The van der Waals surface area contributed by atoms with Gasteiger partial charge in [-0.05, 0) is 6.92 Å². The van der Waals surface area contributed by atoms with E-state index in [4.69, 9.17) is 4.74 Å². The maximum atomic E-state index is 11.6. The van der Waals surface area contributed by atoms with Gasteiger partial charge >= 0.3 is 5.97 Å². The number of ketones is 1. The van der Waals surface area contributed by atoms with Crippen molar-refractivity contribution in [3.63, 3.8) is 0 Å². The zero-order valence-corrected chi connectivity index (χ0v) is 8.90. The van der Waals surface area contributed by atoms with Crippen molar-refractivity contribution in [1.29, 1.82) is 0 Å². The highest BCUT2D eigenvalue weighted by Gasteiger charge is 2.25. The number of ether oxygens (including phenoxy) is 1. The highest BCUT2D eigenvalue weighted by Crippen LogP contribution is 2.16. The van der Waals surface area contributed by atoms with Crippen molar-refractivity contribution in [1.82, 2.24) is 0 Å². The number of Topliss-reactive ketones (excluding diaryl/α,β-unsaturated/α-hetero) is 1. The first-order chi connectivity index (χ1) is 7.74. The first-order valence-corrected chi connectivity index (χ1v) is 5.08. The smallest absolute Gasteiger partial charge is 0.357 e. The van der Waals surface area contributed by atoms with Crippen molar-refractivity contribution in [3.05, 3.63) is 35.4 Å². The number of aliphatic imine (C=N–C) groups is 1. The summed E-state index contributed by atoms with van der Waals surface area (Å²) in [6, 6.07) is 6.95. The molecule has 1 aliphatic heterocycles. The standard InChI is InChI=1S/C12H11NO3/c1-2-16-12(15)11-9-6-4-3-5-8(9)10(14)7-13-11/h3-6H,2,7H2,1H3. The Morgan fingerprint density at radius 1 is 1.38 bits per heavy atom. The van der Waals surface area contributed by atoms with Crippen LogP contribution in [0.2, 0.25) is 0 Å². The van der Waals surface area contributed by atoms with Crippen LogP contribution in [0.5, 0.6) is 0 Å². The van der Waals surface area contributed by atoms with E-state index in [0.29, 0.717) is 17.7 Å². The van der Waals surface area contributed by atoms with E-state index in [-0.39, 0.29) is 18.0 Å². The van der Waals surface area contributed by atoms with E-state index in [0.717, 1.165) is 0 Å². The van der Waals surface area contributed by atoms with E-state index >= 15 is 0 Å². The first-order valence-electron chi connectivity index (χ1n) is 5.08.